The number of carbonyl (C=O) groups is 1. The summed E-state index contributed by atoms with van der Waals surface area (Å²) in [6.45, 7) is 2.92. The Morgan fingerprint density at radius 1 is 1.30 bits per heavy atom. The van der Waals surface area contributed by atoms with Crippen LogP contribution < -0.4 is 0 Å². The monoisotopic (exact) mass is 275 g/mol. The first-order valence-electron chi connectivity index (χ1n) is 7.56. The highest BCUT2D eigenvalue weighted by Gasteiger charge is 2.32. The van der Waals surface area contributed by atoms with Gasteiger partial charge in [0.1, 0.15) is 0 Å². The van der Waals surface area contributed by atoms with Crippen molar-refractivity contribution >= 4 is 5.97 Å². The highest BCUT2D eigenvalue weighted by molar-refractivity contribution is 5.70. The molecular weight excluding hydrogens is 250 g/mol. The van der Waals surface area contributed by atoms with E-state index in [1.807, 2.05) is 0 Å². The van der Waals surface area contributed by atoms with Gasteiger partial charge in [-0.2, -0.15) is 0 Å². The van der Waals surface area contributed by atoms with E-state index in [9.17, 15) is 9.90 Å². The molecule has 1 aromatic rings. The molecule has 2 unspecified atom stereocenters. The molecule has 0 saturated heterocycles. The van der Waals surface area contributed by atoms with Gasteiger partial charge < -0.3 is 5.11 Å². The van der Waals surface area contributed by atoms with Crippen LogP contribution in [0.2, 0.25) is 0 Å². The zero-order valence-electron chi connectivity index (χ0n) is 12.5. The molecular formula is C17H25NO2. The quantitative estimate of drug-likeness (QED) is 0.855. The summed E-state index contributed by atoms with van der Waals surface area (Å²) in [5.74, 6) is -0.847. The molecule has 0 amide bonds. The number of aryl methyl sites for hydroxylation is 1. The molecule has 3 heteroatoms. The molecule has 0 heterocycles. The van der Waals surface area contributed by atoms with Gasteiger partial charge in [0.2, 0.25) is 0 Å². The fraction of sp³-hybridized carbons (Fsp3) is 0.588. The summed E-state index contributed by atoms with van der Waals surface area (Å²) < 4.78 is 0. The van der Waals surface area contributed by atoms with Crippen molar-refractivity contribution in [3.8, 4) is 0 Å². The van der Waals surface area contributed by atoms with Gasteiger partial charge in [-0.05, 0) is 32.4 Å². The fourth-order valence-corrected chi connectivity index (χ4v) is 3.32. The van der Waals surface area contributed by atoms with E-state index >= 15 is 0 Å². The Balaban J connectivity index is 2.08. The van der Waals surface area contributed by atoms with Gasteiger partial charge in [-0.25, -0.2) is 0 Å². The summed E-state index contributed by atoms with van der Waals surface area (Å²) in [5.41, 5.74) is 2.52. The third-order valence-corrected chi connectivity index (χ3v) is 4.38. The predicted octanol–water partition coefficient (Wildman–Crippen LogP) is 3.46. The van der Waals surface area contributed by atoms with Gasteiger partial charge in [-0.15, -0.1) is 0 Å². The minimum Gasteiger partial charge on any atom is -0.481 e. The van der Waals surface area contributed by atoms with Crippen LogP contribution in [0.4, 0.5) is 0 Å². The summed E-state index contributed by atoms with van der Waals surface area (Å²) in [7, 11) is 2.06. The maximum atomic E-state index is 11.5. The molecule has 1 aliphatic carbocycles. The Hall–Kier alpha value is -1.35. The van der Waals surface area contributed by atoms with Crippen molar-refractivity contribution in [2.24, 2.45) is 5.92 Å². The van der Waals surface area contributed by atoms with E-state index in [2.05, 4.69) is 43.1 Å². The minimum absolute atomic E-state index is 0.163. The Labute approximate surface area is 121 Å². The van der Waals surface area contributed by atoms with Crippen LogP contribution in [0.1, 0.15) is 43.2 Å². The van der Waals surface area contributed by atoms with Crippen molar-refractivity contribution in [3.63, 3.8) is 0 Å². The molecule has 0 radical (unpaired) electrons. The second-order valence-corrected chi connectivity index (χ2v) is 6.05. The lowest BCUT2D eigenvalue weighted by molar-refractivity contribution is -0.144. The van der Waals surface area contributed by atoms with E-state index < -0.39 is 5.97 Å². The maximum Gasteiger partial charge on any atom is 0.308 e. The highest BCUT2D eigenvalue weighted by atomic mass is 16.4. The molecule has 1 aromatic carbocycles. The SMILES string of the molecule is Cc1cccc(CN(C)C2CCCCCC2C(=O)O)c1. The number of benzene rings is 1. The van der Waals surface area contributed by atoms with Crippen molar-refractivity contribution < 1.29 is 9.90 Å². The molecule has 2 atom stereocenters. The van der Waals surface area contributed by atoms with Crippen molar-refractivity contribution in [3.05, 3.63) is 35.4 Å². The number of hydrogen-bond acceptors (Lipinski definition) is 2. The first-order chi connectivity index (χ1) is 9.58. The zero-order valence-corrected chi connectivity index (χ0v) is 12.5. The average Bonchev–Trinajstić information content (AvgIpc) is 2.64. The molecule has 0 spiro atoms. The molecule has 0 bridgehead atoms. The van der Waals surface area contributed by atoms with Gasteiger partial charge in [0.25, 0.3) is 0 Å². The standard InChI is InChI=1S/C17H25NO2/c1-13-7-6-8-14(11-13)12-18(2)16-10-5-3-4-9-15(16)17(19)20/h6-8,11,15-16H,3-5,9-10,12H2,1-2H3,(H,19,20). The van der Waals surface area contributed by atoms with E-state index in [-0.39, 0.29) is 12.0 Å². The molecule has 2 rings (SSSR count). The average molecular weight is 275 g/mol. The second-order valence-electron chi connectivity index (χ2n) is 6.05. The van der Waals surface area contributed by atoms with E-state index in [4.69, 9.17) is 0 Å². The van der Waals surface area contributed by atoms with Crippen molar-refractivity contribution in [2.75, 3.05) is 7.05 Å². The van der Waals surface area contributed by atoms with Gasteiger partial charge in [-0.3, -0.25) is 9.69 Å². The smallest absolute Gasteiger partial charge is 0.308 e. The summed E-state index contributed by atoms with van der Waals surface area (Å²) >= 11 is 0. The van der Waals surface area contributed by atoms with Crippen LogP contribution >= 0.6 is 0 Å². The molecule has 1 aliphatic rings. The van der Waals surface area contributed by atoms with Crippen LogP contribution in [0.3, 0.4) is 0 Å². The predicted molar refractivity (Wildman–Crippen MR) is 80.6 cm³/mol. The first kappa shape index (κ1) is 15.0. The molecule has 1 saturated carbocycles. The van der Waals surface area contributed by atoms with E-state index in [0.717, 1.165) is 32.2 Å². The normalized spacial score (nSPS) is 23.6. The summed E-state index contributed by atoms with van der Waals surface area (Å²) in [6, 6.07) is 8.63. The number of nitrogens with zero attached hydrogens (tertiary/aromatic N) is 1. The number of carboxylic acid groups (broad SMARTS) is 1. The Morgan fingerprint density at radius 2 is 2.05 bits per heavy atom. The molecule has 110 valence electrons. The third-order valence-electron chi connectivity index (χ3n) is 4.38. The maximum absolute atomic E-state index is 11.5. The number of aliphatic carboxylic acids is 1. The summed E-state index contributed by atoms with van der Waals surface area (Å²) in [5, 5.41) is 9.47. The molecule has 20 heavy (non-hydrogen) atoms. The van der Waals surface area contributed by atoms with Crippen molar-refractivity contribution in [1.29, 1.82) is 0 Å². The number of hydrogen-bond donors (Lipinski definition) is 1. The number of carboxylic acids is 1. The lowest BCUT2D eigenvalue weighted by Crippen LogP contribution is -2.40. The van der Waals surface area contributed by atoms with E-state index in [1.165, 1.54) is 17.5 Å². The van der Waals surface area contributed by atoms with Crippen molar-refractivity contribution in [2.45, 2.75) is 51.6 Å². The van der Waals surface area contributed by atoms with Crippen molar-refractivity contribution in [1.82, 2.24) is 4.90 Å². The van der Waals surface area contributed by atoms with Gasteiger partial charge in [-0.1, -0.05) is 49.1 Å². The van der Waals surface area contributed by atoms with Gasteiger partial charge in [0, 0.05) is 12.6 Å². The number of rotatable bonds is 4. The van der Waals surface area contributed by atoms with Gasteiger partial charge in [0.05, 0.1) is 5.92 Å². The Morgan fingerprint density at radius 3 is 2.75 bits per heavy atom. The molecule has 1 N–H and O–H groups in total. The largest absolute Gasteiger partial charge is 0.481 e. The Bertz CT molecular complexity index is 458. The van der Waals surface area contributed by atoms with E-state index in [1.54, 1.807) is 0 Å². The molecule has 1 fully saturated rings. The van der Waals surface area contributed by atoms with Crippen LogP contribution in [0.25, 0.3) is 0 Å². The second kappa shape index (κ2) is 6.89. The lowest BCUT2D eigenvalue weighted by atomic mass is 9.93. The van der Waals surface area contributed by atoms with Gasteiger partial charge >= 0.3 is 5.97 Å². The fourth-order valence-electron chi connectivity index (χ4n) is 3.32. The Kier molecular flexibility index (Phi) is 5.18. The lowest BCUT2D eigenvalue weighted by Gasteiger charge is -2.31. The van der Waals surface area contributed by atoms with Crippen LogP contribution in [-0.2, 0) is 11.3 Å². The van der Waals surface area contributed by atoms with Crippen LogP contribution in [-0.4, -0.2) is 29.1 Å². The minimum atomic E-state index is -0.631. The first-order valence-corrected chi connectivity index (χ1v) is 7.56. The van der Waals surface area contributed by atoms with Crippen LogP contribution in [0.15, 0.2) is 24.3 Å². The summed E-state index contributed by atoms with van der Waals surface area (Å²) in [6.07, 6.45) is 5.17. The third kappa shape index (κ3) is 3.83. The van der Waals surface area contributed by atoms with Crippen LogP contribution in [0, 0.1) is 12.8 Å². The molecule has 0 aromatic heterocycles. The molecule has 3 nitrogen and oxygen atoms in total. The summed E-state index contributed by atoms with van der Waals surface area (Å²) in [4.78, 5) is 13.7. The van der Waals surface area contributed by atoms with Crippen LogP contribution in [0.5, 0.6) is 0 Å². The van der Waals surface area contributed by atoms with E-state index in [0.29, 0.717) is 0 Å². The zero-order chi connectivity index (χ0) is 14.5. The highest BCUT2D eigenvalue weighted by Crippen LogP contribution is 2.28. The molecule has 0 aliphatic heterocycles. The van der Waals surface area contributed by atoms with Gasteiger partial charge in [0.15, 0.2) is 0 Å². The topological polar surface area (TPSA) is 40.5 Å².